The number of ether oxygens (including phenoxy) is 3. The Morgan fingerprint density at radius 3 is 2.42 bits per heavy atom. The van der Waals surface area contributed by atoms with E-state index in [-0.39, 0.29) is 35.5 Å². The monoisotopic (exact) mass is 557 g/mol. The first-order valence-electron chi connectivity index (χ1n) is 13.5. The fourth-order valence-corrected chi connectivity index (χ4v) is 5.34. The Morgan fingerprint density at radius 1 is 1.00 bits per heavy atom. The van der Waals surface area contributed by atoms with Crippen molar-refractivity contribution in [3.05, 3.63) is 62.8 Å². The zero-order chi connectivity index (χ0) is 28.4. The number of carbonyl (C=O) groups excluding carboxylic acids is 1. The smallest absolute Gasteiger partial charge is 0.332 e. The summed E-state index contributed by atoms with van der Waals surface area (Å²) in [5.41, 5.74) is -0.0414. The van der Waals surface area contributed by atoms with Crippen LogP contribution in [0.2, 0.25) is 0 Å². The van der Waals surface area contributed by atoms with Crippen molar-refractivity contribution in [3.8, 4) is 17.2 Å². The zero-order valence-electron chi connectivity index (χ0n) is 22.6. The van der Waals surface area contributed by atoms with Crippen LogP contribution in [0.15, 0.2) is 46.0 Å². The number of benzene rings is 2. The van der Waals surface area contributed by atoms with E-state index in [9.17, 15) is 23.2 Å². The first-order chi connectivity index (χ1) is 19.4. The molecule has 1 saturated carbocycles. The number of alkyl halides is 2. The predicted octanol–water partition coefficient (Wildman–Crippen LogP) is 3.49. The molecule has 11 heteroatoms. The standard InChI is InChI=1S/C29H33F2N3O6/c1-38-25-10-5-18(12-26(25)39-2)16-33-28(36)23-13-21(40-22(14-30)15-31)8-9-24(23)34(29(33)37)20-4-3-11-32(17-20)27(35)19-6-7-19/h5,8-10,12-13,19-20,22H,3-4,6-7,11,14-17H2,1-2H3. The second kappa shape index (κ2) is 11.7. The molecule has 1 aliphatic heterocycles. The highest BCUT2D eigenvalue weighted by Crippen LogP contribution is 2.34. The summed E-state index contributed by atoms with van der Waals surface area (Å²) in [6.45, 7) is -1.10. The number of carbonyl (C=O) groups is 1. The van der Waals surface area contributed by atoms with Crippen molar-refractivity contribution in [2.45, 2.75) is 44.4 Å². The highest BCUT2D eigenvalue weighted by Gasteiger charge is 2.36. The van der Waals surface area contributed by atoms with E-state index in [2.05, 4.69) is 0 Å². The summed E-state index contributed by atoms with van der Waals surface area (Å²) in [5.74, 6) is 1.26. The molecule has 40 heavy (non-hydrogen) atoms. The van der Waals surface area contributed by atoms with Crippen molar-refractivity contribution in [2.75, 3.05) is 40.7 Å². The van der Waals surface area contributed by atoms with Gasteiger partial charge < -0.3 is 19.1 Å². The molecule has 0 bridgehead atoms. The molecule has 1 aromatic heterocycles. The summed E-state index contributed by atoms with van der Waals surface area (Å²) in [5, 5.41) is 0.180. The summed E-state index contributed by atoms with van der Waals surface area (Å²) in [7, 11) is 3.01. The van der Waals surface area contributed by atoms with Crippen LogP contribution in [0, 0.1) is 5.92 Å². The van der Waals surface area contributed by atoms with Gasteiger partial charge in [0.2, 0.25) is 5.91 Å². The summed E-state index contributed by atoms with van der Waals surface area (Å²) >= 11 is 0. The third-order valence-corrected chi connectivity index (χ3v) is 7.58. The van der Waals surface area contributed by atoms with Crippen LogP contribution in [0.25, 0.3) is 10.9 Å². The molecular formula is C29H33F2N3O6. The van der Waals surface area contributed by atoms with Crippen molar-refractivity contribution in [3.63, 3.8) is 0 Å². The number of rotatable bonds is 10. The van der Waals surface area contributed by atoms with Gasteiger partial charge in [-0.25, -0.2) is 13.6 Å². The van der Waals surface area contributed by atoms with Gasteiger partial charge in [-0.1, -0.05) is 6.07 Å². The van der Waals surface area contributed by atoms with Crippen LogP contribution < -0.4 is 25.5 Å². The molecule has 0 spiro atoms. The first-order valence-corrected chi connectivity index (χ1v) is 13.5. The van der Waals surface area contributed by atoms with Crippen LogP contribution in [-0.2, 0) is 11.3 Å². The molecule has 2 aromatic carbocycles. The zero-order valence-corrected chi connectivity index (χ0v) is 22.6. The van der Waals surface area contributed by atoms with Crippen molar-refractivity contribution >= 4 is 16.8 Å². The van der Waals surface area contributed by atoms with Gasteiger partial charge >= 0.3 is 5.69 Å². The fourth-order valence-electron chi connectivity index (χ4n) is 5.34. The quantitative estimate of drug-likeness (QED) is 0.379. The van der Waals surface area contributed by atoms with E-state index in [1.165, 1.54) is 26.4 Å². The Labute approximate surface area is 229 Å². The van der Waals surface area contributed by atoms with Crippen LogP contribution in [0.4, 0.5) is 8.78 Å². The molecule has 214 valence electrons. The summed E-state index contributed by atoms with van der Waals surface area (Å²) in [6.07, 6.45) is 1.86. The molecule has 9 nitrogen and oxygen atoms in total. The van der Waals surface area contributed by atoms with Gasteiger partial charge in [0.05, 0.1) is 37.7 Å². The van der Waals surface area contributed by atoms with Gasteiger partial charge in [-0.15, -0.1) is 0 Å². The maximum atomic E-state index is 14.0. The van der Waals surface area contributed by atoms with E-state index in [1.54, 1.807) is 28.8 Å². The van der Waals surface area contributed by atoms with Gasteiger partial charge in [-0.2, -0.15) is 0 Å². The molecule has 2 heterocycles. The lowest BCUT2D eigenvalue weighted by atomic mass is 10.0. The lowest BCUT2D eigenvalue weighted by molar-refractivity contribution is -0.134. The van der Waals surface area contributed by atoms with Gasteiger partial charge in [0.25, 0.3) is 5.56 Å². The van der Waals surface area contributed by atoms with Crippen LogP contribution in [-0.4, -0.2) is 66.7 Å². The highest BCUT2D eigenvalue weighted by molar-refractivity contribution is 5.82. The minimum absolute atomic E-state index is 0.0475. The van der Waals surface area contributed by atoms with E-state index < -0.39 is 30.7 Å². The Kier molecular flexibility index (Phi) is 8.09. The molecule has 1 amide bonds. The van der Waals surface area contributed by atoms with Crippen molar-refractivity contribution < 1.29 is 27.8 Å². The Hall–Kier alpha value is -3.89. The Balaban J connectivity index is 1.62. The summed E-state index contributed by atoms with van der Waals surface area (Å²) < 4.78 is 45.1. The van der Waals surface area contributed by atoms with Crippen molar-refractivity contribution in [2.24, 2.45) is 5.92 Å². The number of hydrogen-bond acceptors (Lipinski definition) is 6. The van der Waals surface area contributed by atoms with E-state index >= 15 is 0 Å². The highest BCUT2D eigenvalue weighted by atomic mass is 19.1. The van der Waals surface area contributed by atoms with E-state index in [4.69, 9.17) is 14.2 Å². The molecule has 1 saturated heterocycles. The number of amides is 1. The molecular weight excluding hydrogens is 524 g/mol. The molecule has 0 radical (unpaired) electrons. The molecule has 5 rings (SSSR count). The number of piperidine rings is 1. The van der Waals surface area contributed by atoms with E-state index in [0.717, 1.165) is 23.8 Å². The maximum Gasteiger partial charge on any atom is 0.332 e. The largest absolute Gasteiger partial charge is 0.493 e. The number of methoxy groups -OCH3 is 2. The second-order valence-corrected chi connectivity index (χ2v) is 10.3. The third-order valence-electron chi connectivity index (χ3n) is 7.58. The predicted molar refractivity (Wildman–Crippen MR) is 145 cm³/mol. The first kappa shape index (κ1) is 27.7. The number of nitrogens with zero attached hydrogens (tertiary/aromatic N) is 3. The van der Waals surface area contributed by atoms with Gasteiger partial charge in [0.1, 0.15) is 19.1 Å². The number of likely N-dealkylation sites (tertiary alicyclic amines) is 1. The third kappa shape index (κ3) is 5.41. The molecule has 1 unspecified atom stereocenters. The lowest BCUT2D eigenvalue weighted by Gasteiger charge is -2.34. The van der Waals surface area contributed by atoms with Gasteiger partial charge in [-0.05, 0) is 61.6 Å². The second-order valence-electron chi connectivity index (χ2n) is 10.3. The number of fused-ring (bicyclic) bond motifs is 1. The minimum Gasteiger partial charge on any atom is -0.493 e. The SMILES string of the molecule is COc1ccc(Cn2c(=O)c3cc(OC(CF)CF)ccc3n(C3CCCN(C(=O)C4CC4)C3)c2=O)cc1OC. The molecule has 2 aliphatic rings. The molecule has 2 fully saturated rings. The minimum atomic E-state index is -1.29. The van der Waals surface area contributed by atoms with Crippen LogP contribution in [0.1, 0.15) is 37.3 Å². The van der Waals surface area contributed by atoms with E-state index in [0.29, 0.717) is 42.1 Å². The maximum absolute atomic E-state index is 14.0. The average Bonchev–Trinajstić information content (AvgIpc) is 3.84. The van der Waals surface area contributed by atoms with Gasteiger partial charge in [0.15, 0.2) is 17.6 Å². The molecule has 0 N–H and O–H groups in total. The van der Waals surface area contributed by atoms with E-state index in [1.807, 2.05) is 4.90 Å². The number of hydrogen-bond donors (Lipinski definition) is 0. The average molecular weight is 558 g/mol. The van der Waals surface area contributed by atoms with Crippen LogP contribution in [0.3, 0.4) is 0 Å². The van der Waals surface area contributed by atoms with Crippen molar-refractivity contribution in [1.82, 2.24) is 14.0 Å². The summed E-state index contributed by atoms with van der Waals surface area (Å²) in [6, 6.07) is 9.29. The van der Waals surface area contributed by atoms with Crippen LogP contribution in [0.5, 0.6) is 17.2 Å². The van der Waals surface area contributed by atoms with Gasteiger partial charge in [-0.3, -0.25) is 18.7 Å². The topological polar surface area (TPSA) is 92.0 Å². The summed E-state index contributed by atoms with van der Waals surface area (Å²) in [4.78, 5) is 42.4. The van der Waals surface area contributed by atoms with Crippen molar-refractivity contribution in [1.29, 1.82) is 0 Å². The molecule has 1 atom stereocenters. The van der Waals surface area contributed by atoms with Gasteiger partial charge in [0, 0.05) is 19.0 Å². The fraction of sp³-hybridized carbons (Fsp3) is 0.483. The number of aromatic nitrogens is 2. The molecule has 1 aliphatic carbocycles. The van der Waals surface area contributed by atoms with Crippen LogP contribution >= 0.6 is 0 Å². The lowest BCUT2D eigenvalue weighted by Crippen LogP contribution is -2.47. The normalized spacial score (nSPS) is 17.3. The Morgan fingerprint density at radius 2 is 1.75 bits per heavy atom. The number of halogens is 2. The Bertz CT molecular complexity index is 1510. The molecule has 3 aromatic rings.